The Kier molecular flexibility index (Phi) is 4.65. The molecule has 5 nitrogen and oxygen atoms in total. The van der Waals surface area contributed by atoms with E-state index in [1.54, 1.807) is 0 Å². The summed E-state index contributed by atoms with van der Waals surface area (Å²) in [5, 5.41) is 0. The highest BCUT2D eigenvalue weighted by Gasteiger charge is 2.42. The third kappa shape index (κ3) is 4.61. The first-order valence-corrected chi connectivity index (χ1v) is 7.08. The molecule has 21 heavy (non-hydrogen) atoms. The summed E-state index contributed by atoms with van der Waals surface area (Å²) < 4.78 is 99.6. The van der Waals surface area contributed by atoms with E-state index >= 15 is 0 Å². The van der Waals surface area contributed by atoms with E-state index < -0.39 is 50.2 Å². The quantitative estimate of drug-likeness (QED) is 0.662. The van der Waals surface area contributed by atoms with Crippen LogP contribution in [0.1, 0.15) is 11.4 Å². The van der Waals surface area contributed by atoms with Gasteiger partial charge in [-0.05, 0) is 0 Å². The predicted molar refractivity (Wildman–Crippen MR) is 56.9 cm³/mol. The monoisotopic (exact) mass is 358 g/mol. The van der Waals surface area contributed by atoms with Crippen LogP contribution in [0.3, 0.4) is 0 Å². The Morgan fingerprint density at radius 1 is 1.24 bits per heavy atom. The molecule has 0 aliphatic carbocycles. The number of hydrogen-bond donors (Lipinski definition) is 1. The van der Waals surface area contributed by atoms with Crippen molar-refractivity contribution in [2.45, 2.75) is 24.0 Å². The first-order chi connectivity index (χ1) is 9.25. The predicted octanol–water partition coefficient (Wildman–Crippen LogP) is 2.39. The molecule has 0 saturated heterocycles. The van der Waals surface area contributed by atoms with Gasteiger partial charge in [0, 0.05) is 23.3 Å². The van der Waals surface area contributed by atoms with Crippen LogP contribution in [0.4, 0.5) is 26.3 Å². The maximum absolute atomic E-state index is 12.6. The van der Waals surface area contributed by atoms with Crippen LogP contribution in [-0.4, -0.2) is 19.8 Å². The van der Waals surface area contributed by atoms with Gasteiger partial charge >= 0.3 is 12.5 Å². The number of aromatic nitrogens is 1. The fourth-order valence-corrected chi connectivity index (χ4v) is 2.34. The van der Waals surface area contributed by atoms with Crippen LogP contribution in [0.5, 0.6) is 5.75 Å². The Balaban J connectivity index is 3.66. The molecule has 0 unspecified atom stereocenters. The highest BCUT2D eigenvalue weighted by Crippen LogP contribution is 2.39. The molecule has 0 aromatic carbocycles. The number of halogens is 7. The minimum Gasteiger partial charge on any atom is -0.403 e. The molecule has 1 aromatic rings. The standard InChI is InChI=1S/C8H5ClF6N2O3S/c9-21(18,19)5-1-4(20-8(13,14)15)6(7(10,11)12)17-3(5)2-16/h1H,2,16H2. The number of alkyl halides is 6. The summed E-state index contributed by atoms with van der Waals surface area (Å²) in [5.74, 6) is -1.84. The molecule has 120 valence electrons. The number of nitrogens with two attached hydrogens (primary N) is 1. The first kappa shape index (κ1) is 17.8. The summed E-state index contributed by atoms with van der Waals surface area (Å²) in [5.41, 5.74) is 2.11. The Hall–Kier alpha value is -1.27. The SMILES string of the molecule is NCc1nc(C(F)(F)F)c(OC(F)(F)F)cc1S(=O)(=O)Cl. The van der Waals surface area contributed by atoms with Gasteiger partial charge in [0.1, 0.15) is 4.90 Å². The molecule has 0 aliphatic heterocycles. The van der Waals surface area contributed by atoms with Crippen LogP contribution in [-0.2, 0) is 21.8 Å². The Bertz CT molecular complexity index is 643. The van der Waals surface area contributed by atoms with Crippen molar-refractivity contribution < 1.29 is 39.5 Å². The molecule has 1 aromatic heterocycles. The first-order valence-electron chi connectivity index (χ1n) is 4.77. The van der Waals surface area contributed by atoms with Crippen molar-refractivity contribution in [1.82, 2.24) is 4.98 Å². The van der Waals surface area contributed by atoms with Crippen molar-refractivity contribution in [3.8, 4) is 5.75 Å². The Labute approximate surface area is 118 Å². The van der Waals surface area contributed by atoms with Gasteiger partial charge < -0.3 is 10.5 Å². The van der Waals surface area contributed by atoms with E-state index in [1.807, 2.05) is 0 Å². The molecule has 0 aliphatic rings. The molecule has 0 amide bonds. The van der Waals surface area contributed by atoms with Gasteiger partial charge in [0.2, 0.25) is 0 Å². The summed E-state index contributed by atoms with van der Waals surface area (Å²) in [4.78, 5) is 1.68. The Morgan fingerprint density at radius 2 is 1.76 bits per heavy atom. The molecule has 0 bridgehead atoms. The maximum atomic E-state index is 12.6. The average molecular weight is 359 g/mol. The lowest BCUT2D eigenvalue weighted by Crippen LogP contribution is -2.22. The van der Waals surface area contributed by atoms with Crippen molar-refractivity contribution >= 4 is 19.7 Å². The van der Waals surface area contributed by atoms with Gasteiger partial charge in [-0.2, -0.15) is 13.2 Å². The van der Waals surface area contributed by atoms with Crippen LogP contribution in [0.2, 0.25) is 0 Å². The van der Waals surface area contributed by atoms with Crippen LogP contribution in [0.15, 0.2) is 11.0 Å². The molecule has 2 N–H and O–H groups in total. The van der Waals surface area contributed by atoms with E-state index in [1.165, 1.54) is 0 Å². The topological polar surface area (TPSA) is 82.3 Å². The van der Waals surface area contributed by atoms with E-state index in [4.69, 9.17) is 16.4 Å². The maximum Gasteiger partial charge on any atom is 0.573 e. The van der Waals surface area contributed by atoms with E-state index in [-0.39, 0.29) is 6.07 Å². The molecular formula is C8H5ClF6N2O3S. The highest BCUT2D eigenvalue weighted by atomic mass is 35.7. The van der Waals surface area contributed by atoms with E-state index in [2.05, 4.69) is 9.72 Å². The summed E-state index contributed by atoms with van der Waals surface area (Å²) >= 11 is 0. The van der Waals surface area contributed by atoms with Crippen molar-refractivity contribution in [2.75, 3.05) is 0 Å². The number of rotatable bonds is 3. The molecule has 0 spiro atoms. The molecule has 0 saturated carbocycles. The number of nitrogens with zero attached hydrogens (tertiary/aromatic N) is 1. The lowest BCUT2D eigenvalue weighted by molar-refractivity contribution is -0.276. The fourth-order valence-electron chi connectivity index (χ4n) is 1.28. The van der Waals surface area contributed by atoms with Gasteiger partial charge in [-0.1, -0.05) is 0 Å². The zero-order chi connectivity index (χ0) is 16.6. The van der Waals surface area contributed by atoms with Crippen molar-refractivity contribution in [3.05, 3.63) is 17.5 Å². The molecular weight excluding hydrogens is 354 g/mol. The number of hydrogen-bond acceptors (Lipinski definition) is 5. The second kappa shape index (κ2) is 5.50. The van der Waals surface area contributed by atoms with E-state index in [9.17, 15) is 34.8 Å². The summed E-state index contributed by atoms with van der Waals surface area (Å²) in [7, 11) is 0.240. The minimum absolute atomic E-state index is 0.0200. The van der Waals surface area contributed by atoms with Gasteiger partial charge in [0.15, 0.2) is 11.4 Å². The summed E-state index contributed by atoms with van der Waals surface area (Å²) in [6.45, 7) is -0.795. The highest BCUT2D eigenvalue weighted by molar-refractivity contribution is 8.13. The van der Waals surface area contributed by atoms with Crippen molar-refractivity contribution in [3.63, 3.8) is 0 Å². The van der Waals surface area contributed by atoms with Crippen LogP contribution < -0.4 is 10.5 Å². The normalized spacial score (nSPS) is 13.3. The van der Waals surface area contributed by atoms with Crippen LogP contribution in [0.25, 0.3) is 0 Å². The van der Waals surface area contributed by atoms with Gasteiger partial charge in [0.05, 0.1) is 5.69 Å². The second-order valence-electron chi connectivity index (χ2n) is 3.47. The second-order valence-corrected chi connectivity index (χ2v) is 6.00. The molecule has 13 heteroatoms. The van der Waals surface area contributed by atoms with Crippen LogP contribution >= 0.6 is 10.7 Å². The molecule has 1 heterocycles. The van der Waals surface area contributed by atoms with Gasteiger partial charge in [-0.15, -0.1) is 13.2 Å². The Morgan fingerprint density at radius 3 is 2.10 bits per heavy atom. The van der Waals surface area contributed by atoms with E-state index in [0.29, 0.717) is 0 Å². The zero-order valence-electron chi connectivity index (χ0n) is 9.59. The summed E-state index contributed by atoms with van der Waals surface area (Å²) in [6, 6.07) is -0.0200. The molecule has 0 radical (unpaired) electrons. The van der Waals surface area contributed by atoms with Crippen molar-refractivity contribution in [1.29, 1.82) is 0 Å². The van der Waals surface area contributed by atoms with Crippen LogP contribution in [0, 0.1) is 0 Å². The largest absolute Gasteiger partial charge is 0.573 e. The minimum atomic E-state index is -5.49. The molecule has 1 rings (SSSR count). The average Bonchev–Trinajstić information content (AvgIpc) is 2.23. The van der Waals surface area contributed by atoms with E-state index in [0.717, 1.165) is 0 Å². The molecule has 0 fully saturated rings. The van der Waals surface area contributed by atoms with Gasteiger partial charge in [0.25, 0.3) is 9.05 Å². The van der Waals surface area contributed by atoms with Gasteiger partial charge in [-0.3, -0.25) is 0 Å². The summed E-state index contributed by atoms with van der Waals surface area (Å²) in [6.07, 6.45) is -10.8. The van der Waals surface area contributed by atoms with Gasteiger partial charge in [-0.25, -0.2) is 13.4 Å². The third-order valence-electron chi connectivity index (χ3n) is 1.98. The lowest BCUT2D eigenvalue weighted by Gasteiger charge is -2.16. The number of ether oxygens (including phenoxy) is 1. The zero-order valence-corrected chi connectivity index (χ0v) is 11.2. The molecule has 0 atom stereocenters. The fraction of sp³-hybridized carbons (Fsp3) is 0.375. The third-order valence-corrected chi connectivity index (χ3v) is 3.35. The smallest absolute Gasteiger partial charge is 0.403 e. The lowest BCUT2D eigenvalue weighted by atomic mass is 10.2. The number of pyridine rings is 1. The van der Waals surface area contributed by atoms with Crippen molar-refractivity contribution in [2.24, 2.45) is 5.73 Å².